The standard InChI is InChI=1S/C14H21F3N2S/c1-11(8-12-4-7-20-9-12)18-13-2-5-19(6-3-13)10-14(15,16)17/h4,7,9,11,13,18H,2-3,5-6,8,10H2,1H3. The fraction of sp³-hybridized carbons (Fsp3) is 0.714. The van der Waals surface area contributed by atoms with Gasteiger partial charge in [0.2, 0.25) is 0 Å². The number of piperidine rings is 1. The molecule has 0 aromatic carbocycles. The van der Waals surface area contributed by atoms with Crippen LogP contribution in [0.4, 0.5) is 13.2 Å². The van der Waals surface area contributed by atoms with Gasteiger partial charge in [0.25, 0.3) is 0 Å². The van der Waals surface area contributed by atoms with Gasteiger partial charge in [0, 0.05) is 12.1 Å². The molecule has 1 saturated heterocycles. The Morgan fingerprint density at radius 3 is 2.65 bits per heavy atom. The summed E-state index contributed by atoms with van der Waals surface area (Å²) >= 11 is 1.69. The first-order valence-electron chi connectivity index (χ1n) is 6.98. The number of hydrogen-bond acceptors (Lipinski definition) is 3. The molecule has 1 fully saturated rings. The molecule has 2 nitrogen and oxygen atoms in total. The molecule has 2 rings (SSSR count). The van der Waals surface area contributed by atoms with Crippen LogP contribution in [0.25, 0.3) is 0 Å². The van der Waals surface area contributed by atoms with Gasteiger partial charge in [-0.1, -0.05) is 0 Å². The van der Waals surface area contributed by atoms with Crippen molar-refractivity contribution in [3.8, 4) is 0 Å². The summed E-state index contributed by atoms with van der Waals surface area (Å²) in [5, 5.41) is 7.75. The zero-order valence-corrected chi connectivity index (χ0v) is 12.4. The minimum Gasteiger partial charge on any atom is -0.311 e. The Bertz CT molecular complexity index is 384. The molecule has 1 aromatic heterocycles. The minimum absolute atomic E-state index is 0.341. The van der Waals surface area contributed by atoms with Crippen molar-refractivity contribution in [2.24, 2.45) is 0 Å². The summed E-state index contributed by atoms with van der Waals surface area (Å²) in [6.45, 7) is 2.43. The van der Waals surface area contributed by atoms with Crippen molar-refractivity contribution >= 4 is 11.3 Å². The second kappa shape index (κ2) is 6.91. The van der Waals surface area contributed by atoms with Crippen LogP contribution in [0.3, 0.4) is 0 Å². The molecule has 114 valence electrons. The van der Waals surface area contributed by atoms with E-state index in [1.807, 2.05) is 0 Å². The SMILES string of the molecule is CC(Cc1ccsc1)NC1CCN(CC(F)(F)F)CC1. The number of nitrogens with one attached hydrogen (secondary N) is 1. The van der Waals surface area contributed by atoms with E-state index in [-0.39, 0.29) is 0 Å². The molecule has 6 heteroatoms. The van der Waals surface area contributed by atoms with E-state index in [4.69, 9.17) is 0 Å². The van der Waals surface area contributed by atoms with Crippen molar-refractivity contribution in [3.63, 3.8) is 0 Å². The van der Waals surface area contributed by atoms with E-state index in [9.17, 15) is 13.2 Å². The zero-order chi connectivity index (χ0) is 14.6. The zero-order valence-electron chi connectivity index (χ0n) is 11.6. The molecule has 2 heterocycles. The average molecular weight is 306 g/mol. The van der Waals surface area contributed by atoms with Crippen LogP contribution in [0.15, 0.2) is 16.8 Å². The number of hydrogen-bond donors (Lipinski definition) is 1. The fourth-order valence-electron chi connectivity index (χ4n) is 2.73. The molecule has 1 atom stereocenters. The van der Waals surface area contributed by atoms with E-state index in [0.29, 0.717) is 25.2 Å². The van der Waals surface area contributed by atoms with Crippen LogP contribution < -0.4 is 5.32 Å². The molecule has 1 aliphatic rings. The van der Waals surface area contributed by atoms with Crippen molar-refractivity contribution in [1.29, 1.82) is 0 Å². The van der Waals surface area contributed by atoms with Crippen LogP contribution in [0.1, 0.15) is 25.3 Å². The monoisotopic (exact) mass is 306 g/mol. The maximum atomic E-state index is 12.3. The van der Waals surface area contributed by atoms with Crippen LogP contribution in [-0.2, 0) is 6.42 Å². The molecule has 0 radical (unpaired) electrons. The Balaban J connectivity index is 1.69. The third-order valence-corrected chi connectivity index (χ3v) is 4.36. The van der Waals surface area contributed by atoms with E-state index < -0.39 is 12.7 Å². The number of halogens is 3. The fourth-order valence-corrected chi connectivity index (χ4v) is 3.42. The van der Waals surface area contributed by atoms with Gasteiger partial charge in [-0.15, -0.1) is 0 Å². The number of likely N-dealkylation sites (tertiary alicyclic amines) is 1. The average Bonchev–Trinajstić information content (AvgIpc) is 2.82. The van der Waals surface area contributed by atoms with E-state index in [1.54, 1.807) is 11.3 Å². The third kappa shape index (κ3) is 5.42. The predicted molar refractivity (Wildman–Crippen MR) is 76.1 cm³/mol. The normalized spacial score (nSPS) is 20.2. The van der Waals surface area contributed by atoms with Crippen molar-refractivity contribution in [2.45, 2.75) is 44.4 Å². The van der Waals surface area contributed by atoms with Crippen LogP contribution in [0, 0.1) is 0 Å². The highest BCUT2D eigenvalue weighted by atomic mass is 32.1. The van der Waals surface area contributed by atoms with E-state index in [2.05, 4.69) is 29.1 Å². The predicted octanol–water partition coefficient (Wildman–Crippen LogP) is 3.30. The molecular formula is C14H21F3N2S. The maximum Gasteiger partial charge on any atom is 0.401 e. The van der Waals surface area contributed by atoms with Gasteiger partial charge in [0.1, 0.15) is 0 Å². The summed E-state index contributed by atoms with van der Waals surface area (Å²) in [6.07, 6.45) is -1.51. The molecule has 0 amide bonds. The molecule has 20 heavy (non-hydrogen) atoms. The van der Waals surface area contributed by atoms with Crippen LogP contribution in [0.5, 0.6) is 0 Å². The number of alkyl halides is 3. The highest BCUT2D eigenvalue weighted by molar-refractivity contribution is 7.07. The highest BCUT2D eigenvalue weighted by Crippen LogP contribution is 2.20. The van der Waals surface area contributed by atoms with Crippen LogP contribution in [0.2, 0.25) is 0 Å². The van der Waals surface area contributed by atoms with Gasteiger partial charge in [0.05, 0.1) is 6.54 Å². The number of thiophene rings is 1. The van der Waals surface area contributed by atoms with Gasteiger partial charge >= 0.3 is 6.18 Å². The lowest BCUT2D eigenvalue weighted by molar-refractivity contribution is -0.148. The molecule has 0 aliphatic carbocycles. The smallest absolute Gasteiger partial charge is 0.311 e. The Hall–Kier alpha value is -0.590. The quantitative estimate of drug-likeness (QED) is 0.898. The summed E-state index contributed by atoms with van der Waals surface area (Å²) in [7, 11) is 0. The van der Waals surface area contributed by atoms with Crippen LogP contribution >= 0.6 is 11.3 Å². The lowest BCUT2D eigenvalue weighted by Gasteiger charge is -2.34. The topological polar surface area (TPSA) is 15.3 Å². The molecule has 1 aromatic rings. The second-order valence-corrected chi connectivity index (χ2v) is 6.35. The molecular weight excluding hydrogens is 285 g/mol. The molecule has 0 bridgehead atoms. The Morgan fingerprint density at radius 1 is 1.40 bits per heavy atom. The van der Waals surface area contributed by atoms with Crippen molar-refractivity contribution in [3.05, 3.63) is 22.4 Å². The Labute approximate surface area is 122 Å². The largest absolute Gasteiger partial charge is 0.401 e. The van der Waals surface area contributed by atoms with Gasteiger partial charge in [0.15, 0.2) is 0 Å². The van der Waals surface area contributed by atoms with E-state index >= 15 is 0 Å². The van der Waals surface area contributed by atoms with E-state index in [1.165, 1.54) is 10.5 Å². The first-order chi connectivity index (χ1) is 9.42. The van der Waals surface area contributed by atoms with E-state index in [0.717, 1.165) is 19.3 Å². The minimum atomic E-state index is -4.08. The van der Waals surface area contributed by atoms with Gasteiger partial charge in [-0.05, 0) is 61.7 Å². The second-order valence-electron chi connectivity index (χ2n) is 5.57. The first kappa shape index (κ1) is 15.8. The first-order valence-corrected chi connectivity index (χ1v) is 7.93. The van der Waals surface area contributed by atoms with Gasteiger partial charge in [-0.3, -0.25) is 4.90 Å². The van der Waals surface area contributed by atoms with Crippen molar-refractivity contribution in [1.82, 2.24) is 10.2 Å². The highest BCUT2D eigenvalue weighted by Gasteiger charge is 2.32. The lowest BCUT2D eigenvalue weighted by Crippen LogP contribution is -2.47. The Morgan fingerprint density at radius 2 is 2.10 bits per heavy atom. The molecule has 0 saturated carbocycles. The molecule has 1 aliphatic heterocycles. The maximum absolute atomic E-state index is 12.3. The summed E-state index contributed by atoms with van der Waals surface area (Å²) in [4.78, 5) is 1.50. The Kier molecular flexibility index (Phi) is 5.46. The third-order valence-electron chi connectivity index (χ3n) is 3.63. The molecule has 1 N–H and O–H groups in total. The van der Waals surface area contributed by atoms with Crippen molar-refractivity contribution < 1.29 is 13.2 Å². The van der Waals surface area contributed by atoms with Crippen LogP contribution in [-0.4, -0.2) is 42.8 Å². The summed E-state index contributed by atoms with van der Waals surface area (Å²) in [6, 6.07) is 2.83. The van der Waals surface area contributed by atoms with Gasteiger partial charge < -0.3 is 5.32 Å². The summed E-state index contributed by atoms with van der Waals surface area (Å²) in [5.41, 5.74) is 1.32. The van der Waals surface area contributed by atoms with Crippen molar-refractivity contribution in [2.75, 3.05) is 19.6 Å². The van der Waals surface area contributed by atoms with Gasteiger partial charge in [-0.25, -0.2) is 0 Å². The molecule has 1 unspecified atom stereocenters. The summed E-state index contributed by atoms with van der Waals surface area (Å²) in [5.74, 6) is 0. The lowest BCUT2D eigenvalue weighted by atomic mass is 10.0. The van der Waals surface area contributed by atoms with Gasteiger partial charge in [-0.2, -0.15) is 24.5 Å². The molecule has 0 spiro atoms. The number of rotatable bonds is 5. The summed E-state index contributed by atoms with van der Waals surface area (Å²) < 4.78 is 36.9. The number of nitrogens with zero attached hydrogens (tertiary/aromatic N) is 1.